The Labute approximate surface area is 168 Å². The van der Waals surface area contributed by atoms with Crippen molar-refractivity contribution in [2.75, 3.05) is 78.7 Å². The zero-order chi connectivity index (χ0) is 17.2. The number of hydrogen-bond donors (Lipinski definition) is 2. The van der Waals surface area contributed by atoms with Gasteiger partial charge in [-0.25, -0.2) is 0 Å². The molecular formula is C16H33IN6O2. The molecule has 2 fully saturated rings. The fourth-order valence-corrected chi connectivity index (χ4v) is 3.00. The lowest BCUT2D eigenvalue weighted by Gasteiger charge is -2.34. The van der Waals surface area contributed by atoms with Crippen LogP contribution in [0.5, 0.6) is 0 Å². The van der Waals surface area contributed by atoms with Crippen molar-refractivity contribution in [3.63, 3.8) is 0 Å². The SMILES string of the molecule is CC(=O)N1CCN(CCNC(N)=NCCCN2CCOCC2)CC1.I. The Hall–Kier alpha value is -0.650. The van der Waals surface area contributed by atoms with E-state index in [1.807, 2.05) is 4.90 Å². The van der Waals surface area contributed by atoms with Crippen LogP contribution in [0.2, 0.25) is 0 Å². The first-order valence-electron chi connectivity index (χ1n) is 8.97. The molecule has 2 rings (SSSR count). The highest BCUT2D eigenvalue weighted by molar-refractivity contribution is 14.0. The van der Waals surface area contributed by atoms with Crippen molar-refractivity contribution in [1.29, 1.82) is 0 Å². The van der Waals surface area contributed by atoms with Gasteiger partial charge in [0, 0.05) is 72.4 Å². The van der Waals surface area contributed by atoms with Crippen LogP contribution < -0.4 is 11.1 Å². The summed E-state index contributed by atoms with van der Waals surface area (Å²) in [6.45, 7) is 12.4. The Bertz CT molecular complexity index is 409. The predicted molar refractivity (Wildman–Crippen MR) is 110 cm³/mol. The number of guanidine groups is 1. The van der Waals surface area contributed by atoms with Crippen LogP contribution >= 0.6 is 24.0 Å². The molecule has 3 N–H and O–H groups in total. The summed E-state index contributed by atoms with van der Waals surface area (Å²) in [4.78, 5) is 22.3. The number of ether oxygens (including phenoxy) is 1. The fourth-order valence-electron chi connectivity index (χ4n) is 3.00. The van der Waals surface area contributed by atoms with Gasteiger partial charge in [-0.05, 0) is 6.42 Å². The summed E-state index contributed by atoms with van der Waals surface area (Å²) >= 11 is 0. The number of hydrogen-bond acceptors (Lipinski definition) is 5. The number of piperazine rings is 1. The van der Waals surface area contributed by atoms with E-state index in [2.05, 4.69) is 20.1 Å². The highest BCUT2D eigenvalue weighted by Gasteiger charge is 2.17. The molecule has 0 aromatic heterocycles. The van der Waals surface area contributed by atoms with Crippen molar-refractivity contribution >= 4 is 35.8 Å². The number of halogens is 1. The van der Waals surface area contributed by atoms with Crippen molar-refractivity contribution < 1.29 is 9.53 Å². The van der Waals surface area contributed by atoms with Gasteiger partial charge in [0.1, 0.15) is 0 Å². The van der Waals surface area contributed by atoms with E-state index in [4.69, 9.17) is 10.5 Å². The Kier molecular flexibility index (Phi) is 11.3. The molecular weight excluding hydrogens is 435 g/mol. The second-order valence-electron chi connectivity index (χ2n) is 6.35. The number of morpholine rings is 1. The van der Waals surface area contributed by atoms with Crippen LogP contribution in [0.1, 0.15) is 13.3 Å². The summed E-state index contributed by atoms with van der Waals surface area (Å²) in [6, 6.07) is 0. The van der Waals surface area contributed by atoms with Gasteiger partial charge in [-0.3, -0.25) is 19.6 Å². The van der Waals surface area contributed by atoms with Gasteiger partial charge >= 0.3 is 0 Å². The van der Waals surface area contributed by atoms with E-state index in [0.717, 1.165) is 85.1 Å². The van der Waals surface area contributed by atoms with Crippen molar-refractivity contribution in [2.24, 2.45) is 10.7 Å². The third-order valence-electron chi connectivity index (χ3n) is 4.57. The molecule has 0 saturated carbocycles. The van der Waals surface area contributed by atoms with Crippen molar-refractivity contribution in [2.45, 2.75) is 13.3 Å². The van der Waals surface area contributed by atoms with Gasteiger partial charge in [0.25, 0.3) is 0 Å². The molecule has 0 aliphatic carbocycles. The minimum absolute atomic E-state index is 0. The number of nitrogens with one attached hydrogen (secondary N) is 1. The lowest BCUT2D eigenvalue weighted by atomic mass is 10.3. The summed E-state index contributed by atoms with van der Waals surface area (Å²) in [5.41, 5.74) is 5.90. The van der Waals surface area contributed by atoms with Crippen LogP contribution in [-0.4, -0.2) is 105 Å². The summed E-state index contributed by atoms with van der Waals surface area (Å²) in [5.74, 6) is 0.695. The smallest absolute Gasteiger partial charge is 0.219 e. The second-order valence-corrected chi connectivity index (χ2v) is 6.35. The number of rotatable bonds is 7. The molecule has 0 spiro atoms. The maximum absolute atomic E-state index is 11.3. The molecule has 0 atom stereocenters. The first-order valence-corrected chi connectivity index (χ1v) is 8.97. The van der Waals surface area contributed by atoms with E-state index in [0.29, 0.717) is 5.96 Å². The van der Waals surface area contributed by atoms with Crippen molar-refractivity contribution in [3.8, 4) is 0 Å². The van der Waals surface area contributed by atoms with E-state index < -0.39 is 0 Å². The summed E-state index contributed by atoms with van der Waals surface area (Å²) < 4.78 is 5.33. The third kappa shape index (κ3) is 9.02. The molecule has 1 amide bonds. The molecule has 2 aliphatic rings. The molecule has 146 valence electrons. The zero-order valence-corrected chi connectivity index (χ0v) is 17.6. The zero-order valence-electron chi connectivity index (χ0n) is 15.3. The minimum Gasteiger partial charge on any atom is -0.379 e. The van der Waals surface area contributed by atoms with Crippen LogP contribution in [0, 0.1) is 0 Å². The quantitative estimate of drug-likeness (QED) is 0.225. The Morgan fingerprint density at radius 2 is 1.72 bits per heavy atom. The maximum atomic E-state index is 11.3. The van der Waals surface area contributed by atoms with Gasteiger partial charge in [-0.15, -0.1) is 24.0 Å². The van der Waals surface area contributed by atoms with Crippen LogP contribution in [0.4, 0.5) is 0 Å². The lowest BCUT2D eigenvalue weighted by Crippen LogP contribution is -2.50. The normalized spacial score (nSPS) is 20.2. The van der Waals surface area contributed by atoms with Gasteiger partial charge in [-0.1, -0.05) is 0 Å². The summed E-state index contributed by atoms with van der Waals surface area (Å²) in [7, 11) is 0. The van der Waals surface area contributed by atoms with Crippen molar-refractivity contribution in [1.82, 2.24) is 20.0 Å². The first-order chi connectivity index (χ1) is 11.6. The highest BCUT2D eigenvalue weighted by atomic mass is 127. The monoisotopic (exact) mass is 468 g/mol. The average molecular weight is 468 g/mol. The van der Waals surface area contributed by atoms with E-state index in [-0.39, 0.29) is 29.9 Å². The standard InChI is InChI=1S/C16H32N6O2.HI/c1-15(23)22-9-7-21(8-10-22)6-4-19-16(17)18-3-2-5-20-11-13-24-14-12-20;/h2-14H2,1H3,(H3,17,18,19);1H. The summed E-state index contributed by atoms with van der Waals surface area (Å²) in [5, 5.41) is 3.17. The molecule has 0 bridgehead atoms. The third-order valence-corrected chi connectivity index (χ3v) is 4.57. The highest BCUT2D eigenvalue weighted by Crippen LogP contribution is 2.01. The topological polar surface area (TPSA) is 86.4 Å². The van der Waals surface area contributed by atoms with Gasteiger partial charge in [0.15, 0.2) is 5.96 Å². The Morgan fingerprint density at radius 3 is 2.36 bits per heavy atom. The number of amides is 1. The molecule has 8 nitrogen and oxygen atoms in total. The number of nitrogens with two attached hydrogens (primary N) is 1. The van der Waals surface area contributed by atoms with Crippen LogP contribution in [-0.2, 0) is 9.53 Å². The number of carbonyl (C=O) groups is 1. The van der Waals surface area contributed by atoms with Crippen LogP contribution in [0.15, 0.2) is 4.99 Å². The van der Waals surface area contributed by atoms with Gasteiger partial charge in [0.2, 0.25) is 5.91 Å². The molecule has 0 aromatic carbocycles. The number of nitrogens with zero attached hydrogens (tertiary/aromatic N) is 4. The van der Waals surface area contributed by atoms with Crippen LogP contribution in [0.3, 0.4) is 0 Å². The molecule has 2 saturated heterocycles. The second kappa shape index (κ2) is 12.7. The number of carbonyl (C=O) groups excluding carboxylic acids is 1. The number of aliphatic imine (C=N–C) groups is 1. The van der Waals surface area contributed by atoms with E-state index in [1.165, 1.54) is 0 Å². The first kappa shape index (κ1) is 22.4. The Morgan fingerprint density at radius 1 is 1.08 bits per heavy atom. The molecule has 0 radical (unpaired) electrons. The fraction of sp³-hybridized carbons (Fsp3) is 0.875. The minimum atomic E-state index is 0. The molecule has 2 aliphatic heterocycles. The van der Waals surface area contributed by atoms with Gasteiger partial charge in [0.05, 0.1) is 13.2 Å². The van der Waals surface area contributed by atoms with Crippen LogP contribution in [0.25, 0.3) is 0 Å². The molecule has 25 heavy (non-hydrogen) atoms. The van der Waals surface area contributed by atoms with E-state index in [1.54, 1.807) is 6.92 Å². The predicted octanol–water partition coefficient (Wildman–Crippen LogP) is -0.605. The van der Waals surface area contributed by atoms with E-state index in [9.17, 15) is 4.79 Å². The van der Waals surface area contributed by atoms with Crippen molar-refractivity contribution in [3.05, 3.63) is 0 Å². The van der Waals surface area contributed by atoms with Gasteiger partial charge in [-0.2, -0.15) is 0 Å². The average Bonchev–Trinajstić information content (AvgIpc) is 2.60. The summed E-state index contributed by atoms with van der Waals surface area (Å²) in [6.07, 6.45) is 1.02. The molecule has 9 heteroatoms. The largest absolute Gasteiger partial charge is 0.379 e. The molecule has 2 heterocycles. The Balaban J connectivity index is 0.00000312. The molecule has 0 aromatic rings. The molecule has 0 unspecified atom stereocenters. The van der Waals surface area contributed by atoms with E-state index >= 15 is 0 Å². The van der Waals surface area contributed by atoms with Gasteiger partial charge < -0.3 is 20.7 Å². The maximum Gasteiger partial charge on any atom is 0.219 e. The lowest BCUT2D eigenvalue weighted by molar-refractivity contribution is -0.130.